The predicted molar refractivity (Wildman–Crippen MR) is 96.6 cm³/mol. The van der Waals surface area contributed by atoms with Crippen LogP contribution in [0.1, 0.15) is 65.2 Å². The number of aromatic nitrogens is 1. The van der Waals surface area contributed by atoms with E-state index in [1.54, 1.807) is 0 Å². The van der Waals surface area contributed by atoms with Crippen LogP contribution in [0.3, 0.4) is 0 Å². The standard InChI is InChI=1S/C17H29NO4S2/c1-3-5-7-9-13-23(19,20)16-11-12-17(18-15-16)24(21,22)14-10-8-6-4-2/h11-12,15H,3-10,13-14H2,1-2H3. The molecule has 0 saturated carbocycles. The van der Waals surface area contributed by atoms with Crippen LogP contribution < -0.4 is 0 Å². The highest BCUT2D eigenvalue weighted by Gasteiger charge is 2.19. The quantitative estimate of drug-likeness (QED) is 0.519. The molecule has 0 unspecified atom stereocenters. The Labute approximate surface area is 146 Å². The molecular weight excluding hydrogens is 346 g/mol. The van der Waals surface area contributed by atoms with Gasteiger partial charge in [-0.2, -0.15) is 0 Å². The molecule has 0 N–H and O–H groups in total. The van der Waals surface area contributed by atoms with Crippen molar-refractivity contribution in [2.45, 2.75) is 75.1 Å². The average molecular weight is 376 g/mol. The smallest absolute Gasteiger partial charge is 0.195 e. The molecule has 1 aromatic heterocycles. The molecule has 0 saturated heterocycles. The second-order valence-corrected chi connectivity index (χ2v) is 10.3. The van der Waals surface area contributed by atoms with Crippen molar-refractivity contribution < 1.29 is 16.8 Å². The van der Waals surface area contributed by atoms with Crippen LogP contribution in [0, 0.1) is 0 Å². The Morgan fingerprint density at radius 3 is 1.75 bits per heavy atom. The lowest BCUT2D eigenvalue weighted by molar-refractivity contribution is 0.581. The number of hydrogen-bond donors (Lipinski definition) is 0. The molecule has 1 heterocycles. The summed E-state index contributed by atoms with van der Waals surface area (Å²) in [5.41, 5.74) is 0. The molecule has 5 nitrogen and oxygen atoms in total. The van der Waals surface area contributed by atoms with Gasteiger partial charge in [-0.25, -0.2) is 21.8 Å². The predicted octanol–water partition coefficient (Wildman–Crippen LogP) is 3.79. The highest BCUT2D eigenvalue weighted by atomic mass is 32.2. The Kier molecular flexibility index (Phi) is 8.91. The van der Waals surface area contributed by atoms with E-state index in [4.69, 9.17) is 0 Å². The lowest BCUT2D eigenvalue weighted by Crippen LogP contribution is -2.11. The van der Waals surface area contributed by atoms with E-state index in [-0.39, 0.29) is 21.4 Å². The second-order valence-electron chi connectivity index (χ2n) is 6.09. The minimum atomic E-state index is -3.43. The van der Waals surface area contributed by atoms with Gasteiger partial charge in [0.05, 0.1) is 16.4 Å². The summed E-state index contributed by atoms with van der Waals surface area (Å²) in [5.74, 6) is 0.140. The molecule has 0 atom stereocenters. The molecule has 0 aliphatic rings. The van der Waals surface area contributed by atoms with Crippen molar-refractivity contribution in [1.29, 1.82) is 0 Å². The number of nitrogens with zero attached hydrogens (tertiary/aromatic N) is 1. The second kappa shape index (κ2) is 10.1. The summed E-state index contributed by atoms with van der Waals surface area (Å²) in [5, 5.41) is -0.0380. The minimum Gasteiger partial charge on any atom is -0.243 e. The third-order valence-corrected chi connectivity index (χ3v) is 7.41. The zero-order chi connectivity index (χ0) is 18.1. The summed E-state index contributed by atoms with van der Waals surface area (Å²) in [7, 11) is -6.82. The molecule has 0 radical (unpaired) electrons. The van der Waals surface area contributed by atoms with Gasteiger partial charge in [-0.1, -0.05) is 52.4 Å². The molecule has 0 bridgehead atoms. The Bertz CT molecular complexity index is 619. The number of pyridine rings is 1. The zero-order valence-electron chi connectivity index (χ0n) is 14.7. The topological polar surface area (TPSA) is 81.2 Å². The molecule has 1 aromatic rings. The highest BCUT2D eigenvalue weighted by molar-refractivity contribution is 7.91. The van der Waals surface area contributed by atoms with Crippen LogP contribution in [0.15, 0.2) is 28.3 Å². The van der Waals surface area contributed by atoms with E-state index in [0.717, 1.165) is 38.5 Å². The van der Waals surface area contributed by atoms with E-state index in [1.165, 1.54) is 18.3 Å². The fourth-order valence-electron chi connectivity index (χ4n) is 2.39. The van der Waals surface area contributed by atoms with Gasteiger partial charge in [0.1, 0.15) is 0 Å². The first-order chi connectivity index (χ1) is 11.3. The van der Waals surface area contributed by atoms with Gasteiger partial charge in [0.25, 0.3) is 0 Å². The Morgan fingerprint density at radius 2 is 1.29 bits per heavy atom. The molecule has 0 aliphatic carbocycles. The van der Waals surface area contributed by atoms with Crippen molar-refractivity contribution in [3.8, 4) is 0 Å². The third kappa shape index (κ3) is 6.89. The summed E-state index contributed by atoms with van der Waals surface area (Å²) >= 11 is 0. The monoisotopic (exact) mass is 375 g/mol. The molecule has 0 aromatic carbocycles. The van der Waals surface area contributed by atoms with Crippen LogP contribution in [-0.2, 0) is 19.7 Å². The fraction of sp³-hybridized carbons (Fsp3) is 0.706. The Hall–Kier alpha value is -0.950. The number of unbranched alkanes of at least 4 members (excludes halogenated alkanes) is 6. The van der Waals surface area contributed by atoms with E-state index in [0.29, 0.717) is 12.8 Å². The maximum atomic E-state index is 12.2. The lowest BCUT2D eigenvalue weighted by atomic mass is 10.2. The van der Waals surface area contributed by atoms with E-state index in [9.17, 15) is 16.8 Å². The maximum absolute atomic E-state index is 12.2. The molecule has 0 fully saturated rings. The summed E-state index contributed by atoms with van der Waals surface area (Å²) in [6.45, 7) is 4.14. The van der Waals surface area contributed by atoms with E-state index >= 15 is 0 Å². The van der Waals surface area contributed by atoms with Crippen LogP contribution in [0.25, 0.3) is 0 Å². The molecule has 0 spiro atoms. The first-order valence-corrected chi connectivity index (χ1v) is 12.1. The molecule has 0 aliphatic heterocycles. The van der Waals surface area contributed by atoms with Crippen LogP contribution in [0.2, 0.25) is 0 Å². The number of sulfone groups is 2. The molecular formula is C17H29NO4S2. The van der Waals surface area contributed by atoms with E-state index < -0.39 is 19.7 Å². The summed E-state index contributed by atoms with van der Waals surface area (Å²) < 4.78 is 48.8. The normalized spacial score (nSPS) is 12.4. The summed E-state index contributed by atoms with van der Waals surface area (Å²) in [6.07, 6.45) is 8.28. The SMILES string of the molecule is CCCCCCS(=O)(=O)c1ccc(S(=O)(=O)CCCCCC)nc1. The van der Waals surface area contributed by atoms with Crippen molar-refractivity contribution in [2.24, 2.45) is 0 Å². The van der Waals surface area contributed by atoms with Crippen molar-refractivity contribution in [3.05, 3.63) is 18.3 Å². The van der Waals surface area contributed by atoms with Gasteiger partial charge in [0.2, 0.25) is 0 Å². The van der Waals surface area contributed by atoms with Crippen LogP contribution in [0.5, 0.6) is 0 Å². The molecule has 0 amide bonds. The van der Waals surface area contributed by atoms with Crippen molar-refractivity contribution >= 4 is 19.7 Å². The first-order valence-electron chi connectivity index (χ1n) is 8.75. The molecule has 24 heavy (non-hydrogen) atoms. The summed E-state index contributed by atoms with van der Waals surface area (Å²) in [6, 6.07) is 2.68. The van der Waals surface area contributed by atoms with Gasteiger partial charge in [-0.15, -0.1) is 0 Å². The van der Waals surface area contributed by atoms with Gasteiger partial charge >= 0.3 is 0 Å². The Balaban J connectivity index is 2.70. The van der Waals surface area contributed by atoms with Gasteiger partial charge in [-0.05, 0) is 25.0 Å². The van der Waals surface area contributed by atoms with E-state index in [2.05, 4.69) is 18.8 Å². The first kappa shape index (κ1) is 21.1. The highest BCUT2D eigenvalue weighted by Crippen LogP contribution is 2.16. The zero-order valence-corrected chi connectivity index (χ0v) is 16.3. The number of rotatable bonds is 12. The Morgan fingerprint density at radius 1 is 0.750 bits per heavy atom. The van der Waals surface area contributed by atoms with E-state index in [1.807, 2.05) is 0 Å². The fourth-order valence-corrected chi connectivity index (χ4v) is 4.99. The van der Waals surface area contributed by atoms with Crippen molar-refractivity contribution in [3.63, 3.8) is 0 Å². The van der Waals surface area contributed by atoms with Crippen LogP contribution in [0.4, 0.5) is 0 Å². The van der Waals surface area contributed by atoms with Crippen molar-refractivity contribution in [1.82, 2.24) is 4.98 Å². The van der Waals surface area contributed by atoms with Gasteiger partial charge < -0.3 is 0 Å². The average Bonchev–Trinajstić information content (AvgIpc) is 2.56. The minimum absolute atomic E-state index is 0.0380. The van der Waals surface area contributed by atoms with Crippen LogP contribution in [-0.4, -0.2) is 33.3 Å². The van der Waals surface area contributed by atoms with Crippen LogP contribution >= 0.6 is 0 Å². The molecule has 7 heteroatoms. The third-order valence-electron chi connectivity index (χ3n) is 3.92. The largest absolute Gasteiger partial charge is 0.243 e. The van der Waals surface area contributed by atoms with Gasteiger partial charge in [0, 0.05) is 6.20 Å². The molecule has 138 valence electrons. The lowest BCUT2D eigenvalue weighted by Gasteiger charge is -2.06. The number of hydrogen-bond acceptors (Lipinski definition) is 5. The van der Waals surface area contributed by atoms with Gasteiger partial charge in [0.15, 0.2) is 24.7 Å². The summed E-state index contributed by atoms with van der Waals surface area (Å²) in [4.78, 5) is 3.99. The maximum Gasteiger partial charge on any atom is 0.195 e. The molecule has 1 rings (SSSR count). The van der Waals surface area contributed by atoms with Crippen molar-refractivity contribution in [2.75, 3.05) is 11.5 Å². The van der Waals surface area contributed by atoms with Gasteiger partial charge in [-0.3, -0.25) is 0 Å².